The average Bonchev–Trinajstić information content (AvgIpc) is 3.09. The summed E-state index contributed by atoms with van der Waals surface area (Å²) < 4.78 is 80.1. The summed E-state index contributed by atoms with van der Waals surface area (Å²) in [4.78, 5) is 0.232. The van der Waals surface area contributed by atoms with Crippen molar-refractivity contribution in [3.05, 3.63) is 41.6 Å². The molecule has 2 atom stereocenters. The molecule has 1 aromatic heterocycles. The predicted octanol–water partition coefficient (Wildman–Crippen LogP) is 3.82. The van der Waals surface area contributed by atoms with Crippen molar-refractivity contribution in [1.82, 2.24) is 9.78 Å². The first kappa shape index (κ1) is 23.6. The maximum absolute atomic E-state index is 13.4. The molecule has 2 heterocycles. The van der Waals surface area contributed by atoms with Crippen LogP contribution < -0.4 is 4.74 Å². The van der Waals surface area contributed by atoms with Gasteiger partial charge < -0.3 is 14.2 Å². The van der Waals surface area contributed by atoms with E-state index in [0.29, 0.717) is 5.69 Å². The maximum atomic E-state index is 13.4. The molecule has 2 unspecified atom stereocenters. The summed E-state index contributed by atoms with van der Waals surface area (Å²) in [5.74, 6) is -0.234. The molecule has 1 aromatic carbocycles. The number of nitrogens with zero attached hydrogens (tertiary/aromatic N) is 2. The summed E-state index contributed by atoms with van der Waals surface area (Å²) in [6.07, 6.45) is -4.82. The molecule has 1 fully saturated rings. The lowest BCUT2D eigenvalue weighted by molar-refractivity contribution is -0.154. The van der Waals surface area contributed by atoms with Gasteiger partial charge in [0.25, 0.3) is 0 Å². The number of ether oxygens (including phenoxy) is 3. The first-order valence-electron chi connectivity index (χ1n) is 9.64. The number of rotatable bonds is 7. The van der Waals surface area contributed by atoms with Crippen LogP contribution in [-0.2, 0) is 26.0 Å². The topological polar surface area (TPSA) is 79.7 Å². The van der Waals surface area contributed by atoms with Gasteiger partial charge in [-0.2, -0.15) is 13.2 Å². The quantitative estimate of drug-likeness (QED) is 0.623. The molecule has 0 radical (unpaired) electrons. The highest BCUT2D eigenvalue weighted by atomic mass is 32.2. The highest BCUT2D eigenvalue weighted by molar-refractivity contribution is 7.92. The van der Waals surface area contributed by atoms with Crippen LogP contribution in [0.3, 0.4) is 0 Å². The van der Waals surface area contributed by atoms with Crippen LogP contribution in [0.4, 0.5) is 13.2 Å². The van der Waals surface area contributed by atoms with Gasteiger partial charge in [0.15, 0.2) is 16.4 Å². The lowest BCUT2D eigenvalue weighted by Gasteiger charge is -2.37. The molecule has 11 heteroatoms. The molecule has 1 aliphatic heterocycles. The SMILES string of the molecule is COCn1nc(OCC(F)(F)F)cc1C1CC(C)(S(=O)(=O)c2cccc(C)c2)CCO1. The monoisotopic (exact) mass is 462 g/mol. The van der Waals surface area contributed by atoms with E-state index in [-0.39, 0.29) is 37.0 Å². The van der Waals surface area contributed by atoms with E-state index in [1.165, 1.54) is 17.9 Å². The van der Waals surface area contributed by atoms with E-state index >= 15 is 0 Å². The fourth-order valence-electron chi connectivity index (χ4n) is 3.59. The number of alkyl halides is 3. The van der Waals surface area contributed by atoms with Crippen molar-refractivity contribution < 1.29 is 35.8 Å². The second kappa shape index (κ2) is 8.79. The summed E-state index contributed by atoms with van der Waals surface area (Å²) in [7, 11) is -2.28. The fourth-order valence-corrected chi connectivity index (χ4v) is 5.48. The Balaban J connectivity index is 1.89. The molecule has 172 valence electrons. The molecule has 31 heavy (non-hydrogen) atoms. The van der Waals surface area contributed by atoms with E-state index in [1.807, 2.05) is 13.0 Å². The Hall–Kier alpha value is -2.11. The fraction of sp³-hybridized carbons (Fsp3) is 0.550. The van der Waals surface area contributed by atoms with E-state index < -0.39 is 33.5 Å². The minimum Gasteiger partial charge on any atom is -0.467 e. The number of benzene rings is 1. The van der Waals surface area contributed by atoms with E-state index in [9.17, 15) is 21.6 Å². The Bertz CT molecular complexity index is 1020. The number of halogens is 3. The molecule has 2 aromatic rings. The number of hydrogen-bond acceptors (Lipinski definition) is 6. The zero-order valence-electron chi connectivity index (χ0n) is 17.5. The number of aryl methyl sites for hydroxylation is 1. The highest BCUT2D eigenvalue weighted by Crippen LogP contribution is 2.42. The number of methoxy groups -OCH3 is 1. The van der Waals surface area contributed by atoms with Crippen molar-refractivity contribution >= 4 is 9.84 Å². The van der Waals surface area contributed by atoms with Crippen LogP contribution in [-0.4, -0.2) is 49.4 Å². The minimum atomic E-state index is -4.51. The third kappa shape index (κ3) is 5.21. The van der Waals surface area contributed by atoms with Gasteiger partial charge in [0.2, 0.25) is 5.88 Å². The molecule has 0 bridgehead atoms. The van der Waals surface area contributed by atoms with Gasteiger partial charge in [0.05, 0.1) is 15.3 Å². The van der Waals surface area contributed by atoms with E-state index in [0.717, 1.165) is 5.56 Å². The number of aromatic nitrogens is 2. The van der Waals surface area contributed by atoms with E-state index in [1.54, 1.807) is 25.1 Å². The van der Waals surface area contributed by atoms with Crippen molar-refractivity contribution in [2.75, 3.05) is 20.3 Å². The number of hydrogen-bond donors (Lipinski definition) is 0. The molecular weight excluding hydrogens is 437 g/mol. The predicted molar refractivity (Wildman–Crippen MR) is 105 cm³/mol. The Labute approximate surface area is 179 Å². The Morgan fingerprint density at radius 2 is 2.06 bits per heavy atom. The maximum Gasteiger partial charge on any atom is 0.422 e. The van der Waals surface area contributed by atoms with Gasteiger partial charge in [-0.1, -0.05) is 12.1 Å². The largest absolute Gasteiger partial charge is 0.467 e. The van der Waals surface area contributed by atoms with Crippen LogP contribution >= 0.6 is 0 Å². The molecule has 0 saturated carbocycles. The molecule has 1 saturated heterocycles. The lowest BCUT2D eigenvalue weighted by atomic mass is 9.95. The molecule has 0 N–H and O–H groups in total. The van der Waals surface area contributed by atoms with Gasteiger partial charge in [-0.15, -0.1) is 5.10 Å². The third-order valence-corrected chi connectivity index (χ3v) is 7.81. The van der Waals surface area contributed by atoms with Crippen molar-refractivity contribution in [1.29, 1.82) is 0 Å². The second-order valence-corrected chi connectivity index (χ2v) is 10.3. The lowest BCUT2D eigenvalue weighted by Crippen LogP contribution is -2.42. The van der Waals surface area contributed by atoms with Crippen molar-refractivity contribution in [2.45, 2.75) is 55.3 Å². The van der Waals surface area contributed by atoms with Crippen LogP contribution in [0.15, 0.2) is 35.2 Å². The molecular formula is C20H25F3N2O5S. The highest BCUT2D eigenvalue weighted by Gasteiger charge is 2.46. The van der Waals surface area contributed by atoms with Crippen LogP contribution in [0.2, 0.25) is 0 Å². The summed E-state index contributed by atoms with van der Waals surface area (Å²) in [6.45, 7) is 2.12. The van der Waals surface area contributed by atoms with Crippen LogP contribution in [0.5, 0.6) is 5.88 Å². The van der Waals surface area contributed by atoms with Crippen molar-refractivity contribution in [3.63, 3.8) is 0 Å². The van der Waals surface area contributed by atoms with Crippen molar-refractivity contribution in [2.24, 2.45) is 0 Å². The molecule has 1 aliphatic rings. The molecule has 7 nitrogen and oxygen atoms in total. The van der Waals surface area contributed by atoms with Crippen molar-refractivity contribution in [3.8, 4) is 5.88 Å². The zero-order valence-corrected chi connectivity index (χ0v) is 18.3. The summed E-state index contributed by atoms with van der Waals surface area (Å²) in [5.41, 5.74) is 1.22. The molecule has 0 spiro atoms. The molecule has 3 rings (SSSR count). The second-order valence-electron chi connectivity index (χ2n) is 7.81. The summed E-state index contributed by atoms with van der Waals surface area (Å²) in [5, 5.41) is 4.00. The zero-order chi connectivity index (χ0) is 22.9. The third-order valence-electron chi connectivity index (χ3n) is 5.27. The van der Waals surface area contributed by atoms with Gasteiger partial charge in [0, 0.05) is 19.8 Å². The van der Waals surface area contributed by atoms with E-state index in [4.69, 9.17) is 14.2 Å². The van der Waals surface area contributed by atoms with Gasteiger partial charge in [-0.25, -0.2) is 13.1 Å². The summed E-state index contributed by atoms with van der Waals surface area (Å²) in [6, 6.07) is 8.04. The minimum absolute atomic E-state index is 0.0497. The average molecular weight is 462 g/mol. The Morgan fingerprint density at radius 3 is 2.71 bits per heavy atom. The normalized spacial score (nSPS) is 22.5. The van der Waals surface area contributed by atoms with Gasteiger partial charge >= 0.3 is 6.18 Å². The first-order chi connectivity index (χ1) is 14.4. The standard InChI is InChI=1S/C20H25F3N2O5S/c1-14-5-4-6-15(9-14)31(26,27)19(2)7-8-29-17(11-19)16-10-18(24-25(16)13-28-3)30-12-20(21,22)23/h4-6,9-10,17H,7-8,11-13H2,1-3H3. The van der Waals surface area contributed by atoms with Gasteiger partial charge in [-0.3, -0.25) is 0 Å². The molecule has 0 aliphatic carbocycles. The van der Waals surface area contributed by atoms with Crippen LogP contribution in [0, 0.1) is 6.92 Å². The van der Waals surface area contributed by atoms with Gasteiger partial charge in [0.1, 0.15) is 12.8 Å². The van der Waals surface area contributed by atoms with Gasteiger partial charge in [-0.05, 0) is 44.4 Å². The van der Waals surface area contributed by atoms with Crippen LogP contribution in [0.1, 0.15) is 37.1 Å². The summed E-state index contributed by atoms with van der Waals surface area (Å²) >= 11 is 0. The first-order valence-corrected chi connectivity index (χ1v) is 11.1. The smallest absolute Gasteiger partial charge is 0.422 e. The molecule has 0 amide bonds. The van der Waals surface area contributed by atoms with Crippen LogP contribution in [0.25, 0.3) is 0 Å². The Kier molecular flexibility index (Phi) is 6.68. The number of sulfone groups is 1. The Morgan fingerprint density at radius 1 is 1.32 bits per heavy atom. The van der Waals surface area contributed by atoms with E-state index in [2.05, 4.69) is 5.10 Å².